The molecule has 0 aliphatic rings. The number of hydrogen-bond donors (Lipinski definition) is 2. The lowest BCUT2D eigenvalue weighted by molar-refractivity contribution is 0.877. The summed E-state index contributed by atoms with van der Waals surface area (Å²) in [6.07, 6.45) is 1.56. The Kier molecular flexibility index (Phi) is 1.54. The number of fused-ring (bicyclic) bond motifs is 1. The van der Waals surface area contributed by atoms with E-state index in [-0.39, 0.29) is 0 Å². The zero-order valence-corrected chi connectivity index (χ0v) is 7.44. The molecule has 0 aromatic carbocycles. The second-order valence-corrected chi connectivity index (χ2v) is 2.68. The predicted octanol–water partition coefficient (Wildman–Crippen LogP) is 0.0566. The first-order valence-corrected chi connectivity index (χ1v) is 3.88. The maximum absolute atomic E-state index is 5.67. The second-order valence-electron chi connectivity index (χ2n) is 2.68. The molecular formula is C7H10N6. The molecular weight excluding hydrogens is 168 g/mol. The third kappa shape index (κ3) is 1.07. The first-order chi connectivity index (χ1) is 6.22. The third-order valence-electron chi connectivity index (χ3n) is 1.73. The molecule has 2 rings (SSSR count). The van der Waals surface area contributed by atoms with Gasteiger partial charge in [-0.3, -0.25) is 0 Å². The van der Waals surface area contributed by atoms with Gasteiger partial charge in [-0.05, 0) is 6.92 Å². The van der Waals surface area contributed by atoms with E-state index in [0.29, 0.717) is 23.1 Å². The summed E-state index contributed by atoms with van der Waals surface area (Å²) in [4.78, 5) is 8.32. The summed E-state index contributed by atoms with van der Waals surface area (Å²) in [5.74, 6) is 1.31. The van der Waals surface area contributed by atoms with Crippen molar-refractivity contribution in [2.75, 3.05) is 18.1 Å². The van der Waals surface area contributed by atoms with Crippen LogP contribution < -0.4 is 11.1 Å². The average Bonchev–Trinajstić information content (AvgIpc) is 2.47. The van der Waals surface area contributed by atoms with E-state index >= 15 is 0 Å². The Morgan fingerprint density at radius 2 is 2.23 bits per heavy atom. The van der Waals surface area contributed by atoms with Crippen molar-refractivity contribution in [2.45, 2.75) is 6.92 Å². The topological polar surface area (TPSA) is 81.1 Å². The normalized spacial score (nSPS) is 10.6. The highest BCUT2D eigenvalue weighted by Gasteiger charge is 2.07. The van der Waals surface area contributed by atoms with Crippen molar-refractivity contribution in [1.82, 2.24) is 19.6 Å². The van der Waals surface area contributed by atoms with Crippen LogP contribution >= 0.6 is 0 Å². The Balaban J connectivity index is 2.84. The van der Waals surface area contributed by atoms with Crippen LogP contribution in [0.25, 0.3) is 5.65 Å². The van der Waals surface area contributed by atoms with Gasteiger partial charge >= 0.3 is 0 Å². The van der Waals surface area contributed by atoms with Gasteiger partial charge in [0.05, 0.1) is 11.9 Å². The van der Waals surface area contributed by atoms with Crippen LogP contribution in [0.15, 0.2) is 6.20 Å². The molecule has 0 atom stereocenters. The smallest absolute Gasteiger partial charge is 0.227 e. The Hall–Kier alpha value is -1.85. The molecule has 0 aliphatic heterocycles. The van der Waals surface area contributed by atoms with E-state index < -0.39 is 0 Å². The van der Waals surface area contributed by atoms with E-state index in [2.05, 4.69) is 20.4 Å². The molecule has 68 valence electrons. The number of anilines is 2. The van der Waals surface area contributed by atoms with Crippen LogP contribution in [-0.4, -0.2) is 26.6 Å². The van der Waals surface area contributed by atoms with Crippen molar-refractivity contribution in [2.24, 2.45) is 0 Å². The molecule has 2 aromatic heterocycles. The fraction of sp³-hybridized carbons (Fsp3) is 0.286. The Morgan fingerprint density at radius 1 is 1.46 bits per heavy atom. The number of nitrogen functional groups attached to an aromatic ring is 1. The maximum Gasteiger partial charge on any atom is 0.227 e. The van der Waals surface area contributed by atoms with Crippen molar-refractivity contribution >= 4 is 17.3 Å². The maximum atomic E-state index is 5.67. The number of nitrogens with two attached hydrogens (primary N) is 1. The van der Waals surface area contributed by atoms with Crippen molar-refractivity contribution in [3.8, 4) is 0 Å². The van der Waals surface area contributed by atoms with Gasteiger partial charge in [-0.15, -0.1) is 0 Å². The minimum absolute atomic E-state index is 0.557. The van der Waals surface area contributed by atoms with E-state index in [0.717, 1.165) is 0 Å². The van der Waals surface area contributed by atoms with Gasteiger partial charge in [0.2, 0.25) is 5.95 Å². The molecule has 6 heteroatoms. The van der Waals surface area contributed by atoms with Crippen LogP contribution in [0, 0.1) is 6.92 Å². The number of aromatic nitrogens is 4. The lowest BCUT2D eigenvalue weighted by Gasteiger charge is -2.02. The molecule has 0 amide bonds. The lowest BCUT2D eigenvalue weighted by Crippen LogP contribution is -2.06. The Morgan fingerprint density at radius 3 is 2.92 bits per heavy atom. The van der Waals surface area contributed by atoms with Gasteiger partial charge in [-0.2, -0.15) is 14.6 Å². The standard InChI is InChI=1S/C7H10N6/c1-4-11-6-5(8)3-10-13(6)7(9-2)12-4/h3H,8H2,1-2H3,(H,9,11,12). The van der Waals surface area contributed by atoms with Gasteiger partial charge in [0.25, 0.3) is 0 Å². The molecule has 0 radical (unpaired) electrons. The van der Waals surface area contributed by atoms with Gasteiger partial charge in [-0.1, -0.05) is 0 Å². The van der Waals surface area contributed by atoms with Crippen LogP contribution in [0.2, 0.25) is 0 Å². The van der Waals surface area contributed by atoms with E-state index in [1.54, 1.807) is 17.8 Å². The largest absolute Gasteiger partial charge is 0.394 e. The summed E-state index contributed by atoms with van der Waals surface area (Å²) in [6.45, 7) is 1.81. The third-order valence-corrected chi connectivity index (χ3v) is 1.73. The molecule has 6 nitrogen and oxygen atoms in total. The Labute approximate surface area is 74.8 Å². The van der Waals surface area contributed by atoms with Gasteiger partial charge in [0.15, 0.2) is 5.65 Å². The lowest BCUT2D eigenvalue weighted by atomic mass is 10.5. The molecule has 0 saturated carbocycles. The molecule has 2 aromatic rings. The minimum Gasteiger partial charge on any atom is -0.394 e. The number of rotatable bonds is 1. The molecule has 0 fully saturated rings. The summed E-state index contributed by atoms with van der Waals surface area (Å²) in [7, 11) is 1.78. The van der Waals surface area contributed by atoms with Gasteiger partial charge in [-0.25, -0.2) is 4.98 Å². The second kappa shape index (κ2) is 2.58. The molecule has 0 saturated heterocycles. The molecule has 13 heavy (non-hydrogen) atoms. The molecule has 0 aliphatic carbocycles. The van der Waals surface area contributed by atoms with Gasteiger partial charge < -0.3 is 11.1 Å². The van der Waals surface area contributed by atoms with Crippen molar-refractivity contribution in [3.05, 3.63) is 12.0 Å². The molecule has 0 bridgehead atoms. The predicted molar refractivity (Wildman–Crippen MR) is 49.5 cm³/mol. The van der Waals surface area contributed by atoms with Crippen LogP contribution in [0.4, 0.5) is 11.6 Å². The zero-order chi connectivity index (χ0) is 9.42. The fourth-order valence-corrected chi connectivity index (χ4v) is 1.16. The fourth-order valence-electron chi connectivity index (χ4n) is 1.16. The summed E-state index contributed by atoms with van der Waals surface area (Å²) in [5, 5.41) is 6.95. The summed E-state index contributed by atoms with van der Waals surface area (Å²) < 4.78 is 1.57. The van der Waals surface area contributed by atoms with Crippen molar-refractivity contribution in [3.63, 3.8) is 0 Å². The highest BCUT2D eigenvalue weighted by molar-refractivity contribution is 5.64. The number of aryl methyl sites for hydroxylation is 1. The highest BCUT2D eigenvalue weighted by atomic mass is 15.3. The molecule has 2 heterocycles. The van der Waals surface area contributed by atoms with Crippen LogP contribution in [-0.2, 0) is 0 Å². The minimum atomic E-state index is 0.557. The van der Waals surface area contributed by atoms with Crippen LogP contribution in [0.3, 0.4) is 0 Å². The molecule has 0 unspecified atom stereocenters. The van der Waals surface area contributed by atoms with Crippen LogP contribution in [0.1, 0.15) is 5.82 Å². The highest BCUT2D eigenvalue weighted by Crippen LogP contribution is 2.13. The summed E-state index contributed by atoms with van der Waals surface area (Å²) in [5.41, 5.74) is 6.86. The molecule has 3 N–H and O–H groups in total. The van der Waals surface area contributed by atoms with E-state index in [1.807, 2.05) is 6.92 Å². The van der Waals surface area contributed by atoms with E-state index in [9.17, 15) is 0 Å². The molecule has 0 spiro atoms. The van der Waals surface area contributed by atoms with E-state index in [1.165, 1.54) is 0 Å². The number of hydrogen-bond acceptors (Lipinski definition) is 5. The average molecular weight is 178 g/mol. The first-order valence-electron chi connectivity index (χ1n) is 3.88. The SMILES string of the molecule is CNc1nc(C)nc2c(N)cnn12. The number of nitrogens with zero attached hydrogens (tertiary/aromatic N) is 4. The van der Waals surface area contributed by atoms with Crippen molar-refractivity contribution < 1.29 is 0 Å². The van der Waals surface area contributed by atoms with Crippen LogP contribution in [0.5, 0.6) is 0 Å². The van der Waals surface area contributed by atoms with Gasteiger partial charge in [0, 0.05) is 7.05 Å². The van der Waals surface area contributed by atoms with E-state index in [4.69, 9.17) is 5.73 Å². The van der Waals surface area contributed by atoms with Gasteiger partial charge in [0.1, 0.15) is 5.82 Å². The number of nitrogens with one attached hydrogen (secondary N) is 1. The summed E-state index contributed by atoms with van der Waals surface area (Å²) in [6, 6.07) is 0. The monoisotopic (exact) mass is 178 g/mol. The quantitative estimate of drug-likeness (QED) is 0.645. The van der Waals surface area contributed by atoms with Crippen molar-refractivity contribution in [1.29, 1.82) is 0 Å². The Bertz CT molecular complexity index is 445. The first kappa shape index (κ1) is 7.78. The summed E-state index contributed by atoms with van der Waals surface area (Å²) >= 11 is 0. The zero-order valence-electron chi connectivity index (χ0n) is 7.44.